The Morgan fingerprint density at radius 3 is 2.69 bits per heavy atom. The van der Waals surface area contributed by atoms with Crippen LogP contribution in [0.1, 0.15) is 0 Å². The van der Waals surface area contributed by atoms with E-state index in [0.717, 1.165) is 22.5 Å². The number of sulfonamides is 1. The van der Waals surface area contributed by atoms with Crippen LogP contribution in [0.4, 0.5) is 5.69 Å². The molecule has 4 rings (SSSR count). The third kappa shape index (κ3) is 4.25. The summed E-state index contributed by atoms with van der Waals surface area (Å²) < 4.78 is 34.4. The average Bonchev–Trinajstić information content (AvgIpc) is 3.10. The van der Waals surface area contributed by atoms with Gasteiger partial charge in [0.25, 0.3) is 5.69 Å². The molecule has 2 aromatic carbocycles. The Kier molecular flexibility index (Phi) is 5.78. The number of halogens is 1. The Morgan fingerprint density at radius 1 is 1.21 bits per heavy atom. The number of morpholine rings is 1. The molecule has 0 amide bonds. The number of fused-ring (bicyclic) bond motifs is 1. The standard InChI is InChI=1S/C17H14ClN3O5S3/c18-11-1-3-14-13(9-11)19-17(27-14)28-15-4-2-12(21(22)23)10-16(15)29(24,25)20-5-7-26-8-6-20/h1-4,9-10H,5-8H2. The van der Waals surface area contributed by atoms with Crippen LogP contribution in [0.25, 0.3) is 10.2 Å². The van der Waals surface area contributed by atoms with Crippen molar-refractivity contribution in [2.75, 3.05) is 26.3 Å². The van der Waals surface area contributed by atoms with Gasteiger partial charge in [-0.25, -0.2) is 13.4 Å². The highest BCUT2D eigenvalue weighted by Gasteiger charge is 2.31. The van der Waals surface area contributed by atoms with Crippen molar-refractivity contribution in [3.05, 3.63) is 51.5 Å². The van der Waals surface area contributed by atoms with E-state index in [1.54, 1.807) is 12.1 Å². The molecule has 1 aliphatic rings. The fraction of sp³-hybridized carbons (Fsp3) is 0.235. The van der Waals surface area contributed by atoms with Crippen molar-refractivity contribution in [2.24, 2.45) is 0 Å². The maximum atomic E-state index is 13.2. The predicted molar refractivity (Wildman–Crippen MR) is 111 cm³/mol. The summed E-state index contributed by atoms with van der Waals surface area (Å²) in [6.45, 7) is 0.980. The highest BCUT2D eigenvalue weighted by molar-refractivity contribution is 8.01. The van der Waals surface area contributed by atoms with Crippen LogP contribution in [0.2, 0.25) is 5.02 Å². The fourth-order valence-corrected chi connectivity index (χ4v) is 6.96. The summed E-state index contributed by atoms with van der Waals surface area (Å²) in [5.41, 5.74) is 0.432. The summed E-state index contributed by atoms with van der Waals surface area (Å²) in [5.74, 6) is 0. The lowest BCUT2D eigenvalue weighted by Crippen LogP contribution is -2.40. The zero-order valence-corrected chi connectivity index (χ0v) is 18.0. The van der Waals surface area contributed by atoms with E-state index in [2.05, 4.69) is 4.98 Å². The minimum absolute atomic E-state index is 0.101. The van der Waals surface area contributed by atoms with E-state index in [0.29, 0.717) is 19.8 Å². The van der Waals surface area contributed by atoms with Crippen molar-refractivity contribution in [1.29, 1.82) is 0 Å². The molecule has 0 unspecified atom stereocenters. The summed E-state index contributed by atoms with van der Waals surface area (Å²) in [4.78, 5) is 15.4. The first kappa shape index (κ1) is 20.5. The molecule has 0 spiro atoms. The van der Waals surface area contributed by atoms with Gasteiger partial charge in [0.1, 0.15) is 4.90 Å². The van der Waals surface area contributed by atoms with Gasteiger partial charge in [0, 0.05) is 35.1 Å². The van der Waals surface area contributed by atoms with Crippen molar-refractivity contribution in [3.63, 3.8) is 0 Å². The van der Waals surface area contributed by atoms with Crippen molar-refractivity contribution in [2.45, 2.75) is 14.1 Å². The molecule has 0 radical (unpaired) electrons. The smallest absolute Gasteiger partial charge is 0.270 e. The van der Waals surface area contributed by atoms with Crippen molar-refractivity contribution in [1.82, 2.24) is 9.29 Å². The quantitative estimate of drug-likeness (QED) is 0.408. The van der Waals surface area contributed by atoms with Crippen LogP contribution in [0.5, 0.6) is 0 Å². The van der Waals surface area contributed by atoms with Gasteiger partial charge in [-0.2, -0.15) is 4.31 Å². The van der Waals surface area contributed by atoms with Crippen LogP contribution in [-0.2, 0) is 14.8 Å². The highest BCUT2D eigenvalue weighted by atomic mass is 35.5. The van der Waals surface area contributed by atoms with Crippen LogP contribution in [0.3, 0.4) is 0 Å². The molecule has 1 aliphatic heterocycles. The largest absolute Gasteiger partial charge is 0.379 e. The van der Waals surface area contributed by atoms with E-state index in [-0.39, 0.29) is 36.9 Å². The van der Waals surface area contributed by atoms with Crippen LogP contribution in [0.15, 0.2) is 50.5 Å². The van der Waals surface area contributed by atoms with Gasteiger partial charge in [-0.1, -0.05) is 23.4 Å². The Hall–Kier alpha value is -1.76. The SMILES string of the molecule is O=[N+]([O-])c1ccc(Sc2nc3cc(Cl)ccc3s2)c(S(=O)(=O)N2CCOCC2)c1. The first-order valence-corrected chi connectivity index (χ1v) is 11.9. The summed E-state index contributed by atoms with van der Waals surface area (Å²) >= 11 is 8.56. The summed E-state index contributed by atoms with van der Waals surface area (Å²) in [6, 6.07) is 9.20. The maximum Gasteiger partial charge on any atom is 0.270 e. The number of rotatable bonds is 5. The average molecular weight is 472 g/mol. The van der Waals surface area contributed by atoms with Gasteiger partial charge in [0.05, 0.1) is 28.4 Å². The van der Waals surface area contributed by atoms with E-state index < -0.39 is 14.9 Å². The molecule has 29 heavy (non-hydrogen) atoms. The van der Waals surface area contributed by atoms with Crippen molar-refractivity contribution >= 4 is 60.6 Å². The first-order valence-electron chi connectivity index (χ1n) is 8.45. The minimum Gasteiger partial charge on any atom is -0.379 e. The number of hydrogen-bond acceptors (Lipinski definition) is 8. The number of thiazole rings is 1. The zero-order chi connectivity index (χ0) is 20.6. The van der Waals surface area contributed by atoms with Crippen LogP contribution >= 0.6 is 34.7 Å². The van der Waals surface area contributed by atoms with Crippen LogP contribution in [-0.4, -0.2) is 48.9 Å². The summed E-state index contributed by atoms with van der Waals surface area (Å²) in [5, 5.41) is 11.8. The van der Waals surface area contributed by atoms with E-state index in [1.807, 2.05) is 6.07 Å². The fourth-order valence-electron chi connectivity index (χ4n) is 2.84. The normalized spacial score (nSPS) is 15.6. The topological polar surface area (TPSA) is 103 Å². The Morgan fingerprint density at radius 2 is 1.97 bits per heavy atom. The first-order chi connectivity index (χ1) is 13.8. The molecule has 2 heterocycles. The lowest BCUT2D eigenvalue weighted by molar-refractivity contribution is -0.385. The monoisotopic (exact) mass is 471 g/mol. The number of nitro benzene ring substituents is 1. The molecule has 0 aliphatic carbocycles. The van der Waals surface area contributed by atoms with Crippen molar-refractivity contribution in [3.8, 4) is 0 Å². The molecule has 1 fully saturated rings. The second-order valence-electron chi connectivity index (χ2n) is 6.10. The molecule has 0 N–H and O–H groups in total. The van der Waals surface area contributed by atoms with E-state index in [4.69, 9.17) is 16.3 Å². The Balaban J connectivity index is 1.76. The van der Waals surface area contributed by atoms with Crippen LogP contribution in [0, 0.1) is 10.1 Å². The second-order valence-corrected chi connectivity index (χ2v) is 10.8. The molecule has 152 valence electrons. The molecule has 1 aromatic heterocycles. The van der Waals surface area contributed by atoms with Gasteiger partial charge >= 0.3 is 0 Å². The number of nitro groups is 1. The number of aromatic nitrogens is 1. The van der Waals surface area contributed by atoms with Crippen LogP contribution < -0.4 is 0 Å². The number of hydrogen-bond donors (Lipinski definition) is 0. The maximum absolute atomic E-state index is 13.2. The molecule has 0 saturated carbocycles. The third-order valence-electron chi connectivity index (χ3n) is 4.25. The van der Waals surface area contributed by atoms with Gasteiger partial charge < -0.3 is 4.74 Å². The summed E-state index contributed by atoms with van der Waals surface area (Å²) in [7, 11) is -3.92. The predicted octanol–water partition coefficient (Wildman–Crippen LogP) is 4.03. The molecule has 8 nitrogen and oxygen atoms in total. The van der Waals surface area contributed by atoms with Gasteiger partial charge in [0.15, 0.2) is 4.34 Å². The Labute approximate surface area is 179 Å². The van der Waals surface area contributed by atoms with Gasteiger partial charge in [0.2, 0.25) is 10.0 Å². The molecular weight excluding hydrogens is 458 g/mol. The third-order valence-corrected chi connectivity index (χ3v) is 8.73. The second kappa shape index (κ2) is 8.17. The molecule has 3 aromatic rings. The molecular formula is C17H14ClN3O5S3. The molecule has 12 heteroatoms. The minimum atomic E-state index is -3.92. The molecule has 0 bridgehead atoms. The number of nitrogens with zero attached hydrogens (tertiary/aromatic N) is 3. The van der Waals surface area contributed by atoms with Gasteiger partial charge in [-0.3, -0.25) is 10.1 Å². The Bertz CT molecular complexity index is 1190. The number of benzene rings is 2. The zero-order valence-electron chi connectivity index (χ0n) is 14.8. The number of non-ortho nitro benzene ring substituents is 1. The summed E-state index contributed by atoms with van der Waals surface area (Å²) in [6.07, 6.45) is 0. The van der Waals surface area contributed by atoms with Gasteiger partial charge in [-0.15, -0.1) is 11.3 Å². The van der Waals surface area contributed by atoms with E-state index in [1.165, 1.54) is 27.8 Å². The van der Waals surface area contributed by atoms with Gasteiger partial charge in [-0.05, 0) is 24.3 Å². The lowest BCUT2D eigenvalue weighted by Gasteiger charge is -2.26. The van der Waals surface area contributed by atoms with E-state index >= 15 is 0 Å². The highest BCUT2D eigenvalue weighted by Crippen LogP contribution is 2.40. The molecule has 0 atom stereocenters. The molecule has 1 saturated heterocycles. The lowest BCUT2D eigenvalue weighted by atomic mass is 10.3. The number of ether oxygens (including phenoxy) is 1. The van der Waals surface area contributed by atoms with E-state index in [9.17, 15) is 18.5 Å². The van der Waals surface area contributed by atoms with Crippen molar-refractivity contribution < 1.29 is 18.1 Å².